The van der Waals surface area contributed by atoms with Crippen LogP contribution in [0.2, 0.25) is 0 Å². The first-order chi connectivity index (χ1) is 36.2. The molecule has 4 heteroatoms. The fourth-order valence-corrected chi connectivity index (χ4v) is 10.5. The number of amides is 1. The van der Waals surface area contributed by atoms with Crippen molar-refractivity contribution in [2.45, 2.75) is 379 Å². The molecule has 0 aliphatic rings. The summed E-state index contributed by atoms with van der Waals surface area (Å²) in [5, 5.41) is 23.2. The Kier molecular flexibility index (Phi) is 63.2. The summed E-state index contributed by atoms with van der Waals surface area (Å²) in [6.45, 7) is 4.33. The molecule has 0 radical (unpaired) electrons. The van der Waals surface area contributed by atoms with Gasteiger partial charge in [-0.25, -0.2) is 0 Å². The number of unbranched alkanes of at least 4 members (excludes halogenated alkanes) is 49. The Bertz CT molecular complexity index is 1160. The van der Waals surface area contributed by atoms with Crippen LogP contribution in [-0.4, -0.2) is 34.9 Å². The summed E-state index contributed by atoms with van der Waals surface area (Å²) < 4.78 is 0. The highest BCUT2D eigenvalue weighted by Crippen LogP contribution is 2.18. The van der Waals surface area contributed by atoms with Crippen molar-refractivity contribution in [3.8, 4) is 0 Å². The van der Waals surface area contributed by atoms with Crippen LogP contribution in [0.25, 0.3) is 0 Å². The summed E-state index contributed by atoms with van der Waals surface area (Å²) in [7, 11) is 0. The fraction of sp³-hybridized carbons (Fsp3) is 0.870. The quantitative estimate of drug-likeness (QED) is 0.0420. The van der Waals surface area contributed by atoms with Crippen molar-refractivity contribution in [3.63, 3.8) is 0 Å². The molecule has 0 aromatic rings. The van der Waals surface area contributed by atoms with Crippen molar-refractivity contribution in [3.05, 3.63) is 48.6 Å². The lowest BCUT2D eigenvalue weighted by atomic mass is 10.0. The van der Waals surface area contributed by atoms with Gasteiger partial charge in [0.15, 0.2) is 0 Å². The van der Waals surface area contributed by atoms with Gasteiger partial charge >= 0.3 is 0 Å². The maximum Gasteiger partial charge on any atom is 0.220 e. The highest BCUT2D eigenvalue weighted by atomic mass is 16.3. The van der Waals surface area contributed by atoms with Gasteiger partial charge in [0.1, 0.15) is 0 Å². The third kappa shape index (κ3) is 61.1. The molecular formula is C69H131NO3. The van der Waals surface area contributed by atoms with E-state index in [-0.39, 0.29) is 12.5 Å². The van der Waals surface area contributed by atoms with Gasteiger partial charge in [-0.15, -0.1) is 0 Å². The molecule has 0 aromatic heterocycles. The van der Waals surface area contributed by atoms with Gasteiger partial charge in [-0.1, -0.05) is 345 Å². The number of hydrogen-bond acceptors (Lipinski definition) is 3. The number of carbonyl (C=O) groups is 1. The number of rotatable bonds is 62. The van der Waals surface area contributed by atoms with Crippen molar-refractivity contribution < 1.29 is 15.0 Å². The lowest BCUT2D eigenvalue weighted by Gasteiger charge is -2.19. The monoisotopic (exact) mass is 1020 g/mol. The zero-order valence-corrected chi connectivity index (χ0v) is 49.7. The third-order valence-electron chi connectivity index (χ3n) is 15.5. The molecule has 0 aliphatic heterocycles. The van der Waals surface area contributed by atoms with Gasteiger partial charge in [0.05, 0.1) is 18.8 Å². The maximum absolute atomic E-state index is 12.5. The van der Waals surface area contributed by atoms with E-state index in [9.17, 15) is 15.0 Å². The summed E-state index contributed by atoms with van der Waals surface area (Å²) in [5.74, 6) is -0.0675. The van der Waals surface area contributed by atoms with Crippen molar-refractivity contribution in [1.82, 2.24) is 5.32 Å². The molecule has 0 saturated heterocycles. The lowest BCUT2D eigenvalue weighted by Crippen LogP contribution is -2.45. The van der Waals surface area contributed by atoms with E-state index in [1.807, 2.05) is 6.08 Å². The van der Waals surface area contributed by atoms with Crippen LogP contribution in [0.4, 0.5) is 0 Å². The summed E-state index contributed by atoms with van der Waals surface area (Å²) in [4.78, 5) is 12.5. The Labute approximate surface area is 458 Å². The second kappa shape index (κ2) is 64.6. The van der Waals surface area contributed by atoms with Gasteiger partial charge in [-0.2, -0.15) is 0 Å². The van der Waals surface area contributed by atoms with E-state index in [0.29, 0.717) is 6.42 Å². The second-order valence-corrected chi connectivity index (χ2v) is 22.9. The molecule has 430 valence electrons. The second-order valence-electron chi connectivity index (χ2n) is 22.9. The summed E-state index contributed by atoms with van der Waals surface area (Å²) in [5.41, 5.74) is 0. The molecule has 0 aliphatic carbocycles. The zero-order chi connectivity index (χ0) is 52.7. The fourth-order valence-electron chi connectivity index (χ4n) is 10.5. The van der Waals surface area contributed by atoms with Gasteiger partial charge in [0.2, 0.25) is 5.91 Å². The Morgan fingerprint density at radius 2 is 0.575 bits per heavy atom. The predicted octanol–water partition coefficient (Wildman–Crippen LogP) is 22.5. The Hall–Kier alpha value is -1.65. The van der Waals surface area contributed by atoms with E-state index in [4.69, 9.17) is 0 Å². The van der Waals surface area contributed by atoms with Crippen LogP contribution in [0.5, 0.6) is 0 Å². The van der Waals surface area contributed by atoms with E-state index in [2.05, 4.69) is 55.6 Å². The summed E-state index contributed by atoms with van der Waals surface area (Å²) in [6.07, 6.45) is 90.4. The first-order valence-corrected chi connectivity index (χ1v) is 33.4. The van der Waals surface area contributed by atoms with Crippen LogP contribution < -0.4 is 5.32 Å². The highest BCUT2D eigenvalue weighted by molar-refractivity contribution is 5.76. The Balaban J connectivity index is 3.46. The highest BCUT2D eigenvalue weighted by Gasteiger charge is 2.18. The minimum Gasteiger partial charge on any atom is -0.394 e. The van der Waals surface area contributed by atoms with Crippen molar-refractivity contribution in [1.29, 1.82) is 0 Å². The van der Waals surface area contributed by atoms with Crippen LogP contribution in [0, 0.1) is 0 Å². The molecule has 1 amide bonds. The Morgan fingerprint density at radius 1 is 0.329 bits per heavy atom. The van der Waals surface area contributed by atoms with Crippen molar-refractivity contribution in [2.75, 3.05) is 6.61 Å². The maximum atomic E-state index is 12.5. The molecule has 73 heavy (non-hydrogen) atoms. The van der Waals surface area contributed by atoms with E-state index >= 15 is 0 Å². The van der Waals surface area contributed by atoms with E-state index in [1.165, 1.54) is 308 Å². The molecule has 2 atom stereocenters. The molecule has 4 nitrogen and oxygen atoms in total. The van der Waals surface area contributed by atoms with Gasteiger partial charge in [-0.05, 0) is 64.2 Å². The molecular weight excluding hydrogens is 891 g/mol. The molecule has 0 aromatic carbocycles. The van der Waals surface area contributed by atoms with Crippen LogP contribution in [0.3, 0.4) is 0 Å². The lowest BCUT2D eigenvalue weighted by molar-refractivity contribution is -0.123. The smallest absolute Gasteiger partial charge is 0.220 e. The first kappa shape index (κ1) is 71.3. The predicted molar refractivity (Wildman–Crippen MR) is 327 cm³/mol. The zero-order valence-electron chi connectivity index (χ0n) is 49.7. The molecule has 0 rings (SSSR count). The third-order valence-corrected chi connectivity index (χ3v) is 15.5. The topological polar surface area (TPSA) is 69.6 Å². The Morgan fingerprint density at radius 3 is 0.877 bits per heavy atom. The number of nitrogens with one attached hydrogen (secondary N) is 1. The van der Waals surface area contributed by atoms with Gasteiger partial charge in [0.25, 0.3) is 0 Å². The number of aliphatic hydroxyl groups is 2. The average Bonchev–Trinajstić information content (AvgIpc) is 3.40. The minimum atomic E-state index is -0.864. The number of allylic oxidation sites excluding steroid dienone is 7. The van der Waals surface area contributed by atoms with Crippen LogP contribution in [0.15, 0.2) is 48.6 Å². The summed E-state index contributed by atoms with van der Waals surface area (Å²) >= 11 is 0. The number of carbonyl (C=O) groups excluding carboxylic acids is 1. The average molecular weight is 1020 g/mol. The number of hydrogen-bond donors (Lipinski definition) is 3. The van der Waals surface area contributed by atoms with Crippen molar-refractivity contribution >= 4 is 5.91 Å². The molecule has 0 spiro atoms. The largest absolute Gasteiger partial charge is 0.394 e. The molecule has 0 saturated carbocycles. The van der Waals surface area contributed by atoms with E-state index < -0.39 is 12.1 Å². The van der Waals surface area contributed by atoms with Gasteiger partial charge in [0, 0.05) is 6.42 Å². The molecule has 2 unspecified atom stereocenters. The van der Waals surface area contributed by atoms with Crippen molar-refractivity contribution in [2.24, 2.45) is 0 Å². The van der Waals surface area contributed by atoms with E-state index in [0.717, 1.165) is 38.5 Å². The van der Waals surface area contributed by atoms with Gasteiger partial charge in [-0.3, -0.25) is 4.79 Å². The van der Waals surface area contributed by atoms with E-state index in [1.54, 1.807) is 6.08 Å². The molecule has 0 bridgehead atoms. The molecule has 3 N–H and O–H groups in total. The summed E-state index contributed by atoms with van der Waals surface area (Å²) in [6, 6.07) is -0.640. The standard InChI is InChI=1S/C69H131NO3/c1-3-5-7-9-11-13-15-17-19-21-23-25-27-29-31-33-35-37-39-41-43-45-47-49-51-53-55-57-59-61-63-65-69(73)70-67(66-71)68(72)64-62-60-58-56-54-52-50-48-46-44-42-40-38-36-34-32-30-28-26-24-22-20-18-16-14-12-10-8-6-4-2/h15,17,21,23,54,56,62,64,67-68,71-72H,3-14,16,18-20,22,24-53,55,57-61,63,65-66H2,1-2H3,(H,70,73)/b17-15-,23-21-,56-54+,64-62+. The minimum absolute atomic E-state index is 0.0675. The van der Waals surface area contributed by atoms with Crippen LogP contribution >= 0.6 is 0 Å². The molecule has 0 fully saturated rings. The van der Waals surface area contributed by atoms with Crippen LogP contribution in [-0.2, 0) is 4.79 Å². The number of aliphatic hydroxyl groups excluding tert-OH is 2. The van der Waals surface area contributed by atoms with Crippen LogP contribution in [0.1, 0.15) is 367 Å². The SMILES string of the molecule is CCCCCCC/C=C\C/C=C\CCCCCCCCCCCCCCCCCCCCCC(=O)NC(CO)C(O)/C=C/CC/C=C/CCCCCCCCCCCCCCCCCCCCCCCCCC. The molecule has 0 heterocycles. The normalized spacial score (nSPS) is 13.0. The first-order valence-electron chi connectivity index (χ1n) is 33.4. The van der Waals surface area contributed by atoms with Gasteiger partial charge < -0.3 is 15.5 Å².